The number of hydrogen-bond donors (Lipinski definition) is 3. The zero-order valence-electron chi connectivity index (χ0n) is 11.5. The van der Waals surface area contributed by atoms with Crippen LogP contribution >= 0.6 is 0 Å². The quantitative estimate of drug-likeness (QED) is 0.574. The SMILES string of the molecule is CCOC(=O)c1cc[nH]c1NNC(=O)OC(C)(C)C. The smallest absolute Gasteiger partial charge is 0.426 e. The Kier molecular flexibility index (Phi) is 4.80. The Labute approximate surface area is 111 Å². The molecule has 0 unspecified atom stereocenters. The Hall–Kier alpha value is -2.18. The number of esters is 1. The van der Waals surface area contributed by atoms with Gasteiger partial charge in [0.15, 0.2) is 0 Å². The molecule has 0 bridgehead atoms. The summed E-state index contributed by atoms with van der Waals surface area (Å²) in [5.74, 6) is -0.137. The molecule has 1 amide bonds. The van der Waals surface area contributed by atoms with Gasteiger partial charge in [-0.3, -0.25) is 5.43 Å². The highest BCUT2D eigenvalue weighted by atomic mass is 16.6. The number of hydrogen-bond acceptors (Lipinski definition) is 5. The summed E-state index contributed by atoms with van der Waals surface area (Å²) in [7, 11) is 0. The van der Waals surface area contributed by atoms with E-state index in [4.69, 9.17) is 9.47 Å². The number of anilines is 1. The van der Waals surface area contributed by atoms with Gasteiger partial charge in [-0.25, -0.2) is 15.0 Å². The van der Waals surface area contributed by atoms with Crippen molar-refractivity contribution in [3.05, 3.63) is 17.8 Å². The normalized spacial score (nSPS) is 10.7. The number of H-pyrrole nitrogens is 1. The third-order valence-electron chi connectivity index (χ3n) is 1.93. The van der Waals surface area contributed by atoms with Crippen LogP contribution in [0.15, 0.2) is 12.3 Å². The zero-order valence-corrected chi connectivity index (χ0v) is 11.5. The van der Waals surface area contributed by atoms with Crippen molar-refractivity contribution < 1.29 is 19.1 Å². The van der Waals surface area contributed by atoms with Crippen LogP contribution in [0.2, 0.25) is 0 Å². The van der Waals surface area contributed by atoms with Crippen molar-refractivity contribution >= 4 is 17.9 Å². The molecule has 0 spiro atoms. The van der Waals surface area contributed by atoms with Crippen molar-refractivity contribution in [3.8, 4) is 0 Å². The van der Waals surface area contributed by atoms with Crippen LogP contribution in [0, 0.1) is 0 Å². The van der Waals surface area contributed by atoms with Crippen LogP contribution in [0.5, 0.6) is 0 Å². The second-order valence-electron chi connectivity index (χ2n) is 4.74. The minimum atomic E-state index is -0.642. The highest BCUT2D eigenvalue weighted by molar-refractivity contribution is 5.95. The summed E-state index contributed by atoms with van der Waals surface area (Å²) >= 11 is 0. The Morgan fingerprint density at radius 2 is 2.05 bits per heavy atom. The lowest BCUT2D eigenvalue weighted by Gasteiger charge is -2.20. The predicted octanol–water partition coefficient (Wildman–Crippen LogP) is 2.04. The van der Waals surface area contributed by atoms with E-state index in [0.29, 0.717) is 11.4 Å². The summed E-state index contributed by atoms with van der Waals surface area (Å²) in [6.45, 7) is 7.27. The molecule has 1 heterocycles. The Morgan fingerprint density at radius 3 is 2.63 bits per heavy atom. The lowest BCUT2D eigenvalue weighted by atomic mass is 10.2. The topological polar surface area (TPSA) is 92.5 Å². The van der Waals surface area contributed by atoms with Crippen molar-refractivity contribution in [2.75, 3.05) is 12.0 Å². The number of hydrazine groups is 1. The summed E-state index contributed by atoms with van der Waals surface area (Å²) in [4.78, 5) is 25.8. The minimum absolute atomic E-state index is 0.281. The highest BCUT2D eigenvalue weighted by Gasteiger charge is 2.17. The van der Waals surface area contributed by atoms with Crippen LogP contribution in [0.4, 0.5) is 10.6 Å². The molecular weight excluding hydrogens is 250 g/mol. The Balaban J connectivity index is 2.57. The van der Waals surface area contributed by atoms with E-state index in [2.05, 4.69) is 15.8 Å². The Bertz CT molecular complexity index is 448. The molecule has 0 saturated heterocycles. The maximum atomic E-state index is 11.6. The van der Waals surface area contributed by atoms with Gasteiger partial charge in [0.1, 0.15) is 17.0 Å². The van der Waals surface area contributed by atoms with E-state index in [1.54, 1.807) is 40.0 Å². The third kappa shape index (κ3) is 4.90. The van der Waals surface area contributed by atoms with Gasteiger partial charge >= 0.3 is 12.1 Å². The first-order valence-electron chi connectivity index (χ1n) is 5.93. The largest absolute Gasteiger partial charge is 0.462 e. The van der Waals surface area contributed by atoms with Gasteiger partial charge in [0.2, 0.25) is 0 Å². The summed E-state index contributed by atoms with van der Waals surface area (Å²) in [6.07, 6.45) is 0.919. The molecule has 1 aromatic heterocycles. The van der Waals surface area contributed by atoms with E-state index in [1.165, 1.54) is 0 Å². The summed E-state index contributed by atoms with van der Waals surface area (Å²) < 4.78 is 9.91. The first-order valence-corrected chi connectivity index (χ1v) is 5.93. The molecule has 106 valence electrons. The number of aromatic nitrogens is 1. The van der Waals surface area contributed by atoms with Crippen molar-refractivity contribution in [1.29, 1.82) is 0 Å². The van der Waals surface area contributed by atoms with Crippen LogP contribution < -0.4 is 10.9 Å². The van der Waals surface area contributed by atoms with Crippen LogP contribution in [0.25, 0.3) is 0 Å². The maximum absolute atomic E-state index is 11.6. The molecule has 0 atom stereocenters. The minimum Gasteiger partial charge on any atom is -0.462 e. The van der Waals surface area contributed by atoms with E-state index >= 15 is 0 Å². The van der Waals surface area contributed by atoms with Crippen molar-refractivity contribution in [2.45, 2.75) is 33.3 Å². The lowest BCUT2D eigenvalue weighted by molar-refractivity contribution is 0.0515. The van der Waals surface area contributed by atoms with E-state index < -0.39 is 17.7 Å². The molecule has 0 aliphatic rings. The molecule has 7 heteroatoms. The fraction of sp³-hybridized carbons (Fsp3) is 0.500. The van der Waals surface area contributed by atoms with Gasteiger partial charge in [-0.2, -0.15) is 0 Å². The second-order valence-corrected chi connectivity index (χ2v) is 4.74. The Morgan fingerprint density at radius 1 is 1.37 bits per heavy atom. The molecule has 0 aromatic carbocycles. The molecule has 0 aliphatic carbocycles. The van der Waals surface area contributed by atoms with E-state index in [0.717, 1.165) is 0 Å². The molecular formula is C12H19N3O4. The first kappa shape index (κ1) is 14.9. The maximum Gasteiger partial charge on any atom is 0.426 e. The van der Waals surface area contributed by atoms with Gasteiger partial charge in [0.25, 0.3) is 0 Å². The summed E-state index contributed by atoms with van der Waals surface area (Å²) in [5, 5.41) is 0. The number of carbonyl (C=O) groups excluding carboxylic acids is 2. The predicted molar refractivity (Wildman–Crippen MR) is 69.7 cm³/mol. The molecule has 7 nitrogen and oxygen atoms in total. The third-order valence-corrected chi connectivity index (χ3v) is 1.93. The van der Waals surface area contributed by atoms with Crippen LogP contribution in [0.3, 0.4) is 0 Å². The molecule has 0 radical (unpaired) electrons. The number of amides is 1. The first-order chi connectivity index (χ1) is 8.83. The van der Waals surface area contributed by atoms with E-state index in [-0.39, 0.29) is 6.61 Å². The van der Waals surface area contributed by atoms with Crippen LogP contribution in [-0.4, -0.2) is 29.3 Å². The summed E-state index contributed by atoms with van der Waals surface area (Å²) in [6, 6.07) is 1.55. The number of carbonyl (C=O) groups is 2. The zero-order chi connectivity index (χ0) is 14.5. The van der Waals surface area contributed by atoms with Gasteiger partial charge in [-0.15, -0.1) is 0 Å². The number of aromatic amines is 1. The molecule has 1 aromatic rings. The monoisotopic (exact) mass is 269 g/mol. The van der Waals surface area contributed by atoms with Crippen molar-refractivity contribution in [3.63, 3.8) is 0 Å². The van der Waals surface area contributed by atoms with Crippen LogP contribution in [-0.2, 0) is 9.47 Å². The van der Waals surface area contributed by atoms with Crippen molar-refractivity contribution in [1.82, 2.24) is 10.4 Å². The van der Waals surface area contributed by atoms with E-state index in [1.807, 2.05) is 0 Å². The van der Waals surface area contributed by atoms with Crippen LogP contribution in [0.1, 0.15) is 38.1 Å². The molecule has 0 aliphatic heterocycles. The lowest BCUT2D eigenvalue weighted by Crippen LogP contribution is -2.36. The van der Waals surface area contributed by atoms with Gasteiger partial charge in [-0.1, -0.05) is 0 Å². The standard InChI is InChI=1S/C12H19N3O4/c1-5-18-10(16)8-6-7-13-9(8)14-15-11(17)19-12(2,3)4/h6-7,13-14H,5H2,1-4H3,(H,15,17). The van der Waals surface area contributed by atoms with Gasteiger partial charge in [0.05, 0.1) is 6.61 Å². The average Bonchev–Trinajstić information content (AvgIpc) is 2.72. The molecule has 19 heavy (non-hydrogen) atoms. The summed E-state index contributed by atoms with van der Waals surface area (Å²) in [5.41, 5.74) is 4.61. The van der Waals surface area contributed by atoms with Crippen molar-refractivity contribution in [2.24, 2.45) is 0 Å². The number of rotatable bonds is 4. The number of ether oxygens (including phenoxy) is 2. The highest BCUT2D eigenvalue weighted by Crippen LogP contribution is 2.13. The van der Waals surface area contributed by atoms with E-state index in [9.17, 15) is 9.59 Å². The molecule has 3 N–H and O–H groups in total. The fourth-order valence-electron chi connectivity index (χ4n) is 1.27. The average molecular weight is 269 g/mol. The molecule has 1 rings (SSSR count). The van der Waals surface area contributed by atoms with Gasteiger partial charge in [-0.05, 0) is 33.8 Å². The number of nitrogens with one attached hydrogen (secondary N) is 3. The van der Waals surface area contributed by atoms with Gasteiger partial charge < -0.3 is 14.5 Å². The second kappa shape index (κ2) is 6.12. The molecule has 0 saturated carbocycles. The fourth-order valence-corrected chi connectivity index (χ4v) is 1.27. The van der Waals surface area contributed by atoms with Gasteiger partial charge in [0, 0.05) is 6.20 Å². The molecule has 0 fully saturated rings.